The summed E-state index contributed by atoms with van der Waals surface area (Å²) in [5, 5.41) is 14.1. The minimum Gasteiger partial charge on any atom is -0.543 e. The van der Waals surface area contributed by atoms with Crippen LogP contribution in [0.4, 0.5) is 0 Å². The van der Waals surface area contributed by atoms with Gasteiger partial charge >= 0.3 is 35.5 Å². The van der Waals surface area contributed by atoms with Crippen molar-refractivity contribution < 1.29 is 58.6 Å². The Morgan fingerprint density at radius 2 is 2.00 bits per heavy atom. The third-order valence-electron chi connectivity index (χ3n) is 6.25. The van der Waals surface area contributed by atoms with Crippen LogP contribution in [-0.4, -0.2) is 52.4 Å². The van der Waals surface area contributed by atoms with Crippen molar-refractivity contribution in [3.63, 3.8) is 0 Å². The summed E-state index contributed by atoms with van der Waals surface area (Å²) < 4.78 is 5.80. The Bertz CT molecular complexity index is 1030. The molecule has 2 atom stereocenters. The smallest absolute Gasteiger partial charge is 0.543 e. The quantitative estimate of drug-likeness (QED) is 0.256. The number of rotatable bonds is 6. The van der Waals surface area contributed by atoms with Crippen LogP contribution in [0.2, 0.25) is 0 Å². The molecule has 1 N–H and O–H groups in total. The Morgan fingerprint density at radius 1 is 1.30 bits per heavy atom. The van der Waals surface area contributed by atoms with E-state index in [1.54, 1.807) is 0 Å². The number of aliphatic carboxylic acids is 1. The average Bonchev–Trinajstić information content (AvgIpc) is 3.26. The zero-order valence-electron chi connectivity index (χ0n) is 18.4. The number of amides is 2. The number of nitrogens with one attached hydrogen (secondary N) is 1. The number of hydrogen-bond donors (Lipinski definition) is 1. The largest absolute Gasteiger partial charge is 1.00 e. The predicted molar refractivity (Wildman–Crippen MR) is 118 cm³/mol. The van der Waals surface area contributed by atoms with Gasteiger partial charge in [-0.15, -0.1) is 11.8 Å². The number of β-lactam (4-membered cyclic amide) rings is 1. The zero-order valence-corrected chi connectivity index (χ0v) is 22.8. The van der Waals surface area contributed by atoms with Crippen molar-refractivity contribution in [1.29, 1.82) is 0 Å². The van der Waals surface area contributed by atoms with Crippen LogP contribution in [0.1, 0.15) is 38.2 Å². The van der Waals surface area contributed by atoms with Gasteiger partial charge in [0.1, 0.15) is 18.0 Å². The number of halogens is 1. The number of thioether (sulfide) groups is 1. The first-order valence-corrected chi connectivity index (χ1v) is 12.2. The summed E-state index contributed by atoms with van der Waals surface area (Å²) >= 11 is 4.80. The Morgan fingerprint density at radius 3 is 2.61 bits per heavy atom. The first kappa shape index (κ1) is 26.3. The van der Waals surface area contributed by atoms with E-state index >= 15 is 0 Å². The predicted octanol–water partition coefficient (Wildman–Crippen LogP) is -1.77. The molecule has 0 unspecified atom stereocenters. The molecule has 33 heavy (non-hydrogen) atoms. The van der Waals surface area contributed by atoms with Gasteiger partial charge in [-0.25, -0.2) is 0 Å². The van der Waals surface area contributed by atoms with Gasteiger partial charge in [0, 0.05) is 22.7 Å². The average molecular weight is 545 g/mol. The topological polar surface area (TPSA) is 116 Å². The second-order valence-corrected chi connectivity index (χ2v) is 10.2. The van der Waals surface area contributed by atoms with Crippen molar-refractivity contribution in [2.45, 2.75) is 49.4 Å². The van der Waals surface area contributed by atoms with Crippen molar-refractivity contribution in [2.24, 2.45) is 0 Å². The van der Waals surface area contributed by atoms with Gasteiger partial charge in [0.15, 0.2) is 0 Å². The number of carboxylic acids is 1. The summed E-state index contributed by atoms with van der Waals surface area (Å²) in [6, 6.07) is 6.84. The number of carboxylic acid groups (broad SMARTS) is 1. The van der Waals surface area contributed by atoms with E-state index in [2.05, 4.69) is 21.2 Å². The number of nitrogens with zero attached hydrogens (tertiary/aromatic N) is 1. The van der Waals surface area contributed by atoms with E-state index in [4.69, 9.17) is 4.74 Å². The van der Waals surface area contributed by atoms with Crippen molar-refractivity contribution in [1.82, 2.24) is 10.2 Å². The van der Waals surface area contributed by atoms with Gasteiger partial charge in [-0.2, -0.15) is 0 Å². The van der Waals surface area contributed by atoms with E-state index in [-0.39, 0.29) is 53.5 Å². The molecule has 0 radical (unpaired) electrons. The molecule has 0 spiro atoms. The van der Waals surface area contributed by atoms with Crippen LogP contribution in [0, 0.1) is 0 Å². The summed E-state index contributed by atoms with van der Waals surface area (Å²) in [6.07, 6.45) is 3.21. The Hall–Kier alpha value is -1.33. The third kappa shape index (κ3) is 4.91. The molecule has 3 aliphatic rings. The third-order valence-corrected chi connectivity index (χ3v) is 8.08. The maximum Gasteiger partial charge on any atom is 1.00 e. The number of esters is 1. The zero-order chi connectivity index (χ0) is 23.0. The van der Waals surface area contributed by atoms with Gasteiger partial charge in [-0.1, -0.05) is 40.9 Å². The Kier molecular flexibility index (Phi) is 8.37. The monoisotopic (exact) mass is 544 g/mol. The van der Waals surface area contributed by atoms with Crippen molar-refractivity contribution in [2.75, 3.05) is 12.4 Å². The summed E-state index contributed by atoms with van der Waals surface area (Å²) in [4.78, 5) is 50.3. The molecule has 170 valence electrons. The van der Waals surface area contributed by atoms with Crippen LogP contribution in [0.25, 0.3) is 0 Å². The van der Waals surface area contributed by atoms with Crippen LogP contribution in [-0.2, 0) is 29.3 Å². The summed E-state index contributed by atoms with van der Waals surface area (Å²) in [5.74, 6) is -2.50. The van der Waals surface area contributed by atoms with E-state index in [0.717, 1.165) is 27.8 Å². The summed E-state index contributed by atoms with van der Waals surface area (Å²) in [5.41, 5.74) is 0.229. The Balaban J connectivity index is 0.00000306. The molecule has 1 saturated carbocycles. The summed E-state index contributed by atoms with van der Waals surface area (Å²) in [7, 11) is 0. The molecular formula is C22H22BrN2NaO6S. The molecule has 8 nitrogen and oxygen atoms in total. The van der Waals surface area contributed by atoms with Gasteiger partial charge in [0.05, 0.1) is 17.1 Å². The van der Waals surface area contributed by atoms with E-state index in [1.165, 1.54) is 18.7 Å². The number of fused-ring (bicyclic) bond motifs is 1. The standard InChI is InChI=1S/C22H23BrN2O6S.Na/c1-12(26)31-10-13-11-32-19-16(18(27)25(19)17(13)20(28)29)24-21(30)22(7-2-3-8-22)14-5-4-6-15(23)9-14;/h4-6,9,16,19H,2-3,7-8,10-11H2,1H3,(H,24,30)(H,28,29);/q;+1/p-1/t16-,19-;/m1./s1. The molecule has 4 rings (SSSR count). The number of ether oxygens (including phenoxy) is 1. The van der Waals surface area contributed by atoms with E-state index in [0.29, 0.717) is 18.4 Å². The first-order chi connectivity index (χ1) is 15.2. The molecule has 1 aromatic carbocycles. The van der Waals surface area contributed by atoms with Crippen LogP contribution in [0.3, 0.4) is 0 Å². The van der Waals surface area contributed by atoms with Crippen LogP contribution in [0.5, 0.6) is 0 Å². The fraction of sp³-hybridized carbons (Fsp3) is 0.455. The molecular weight excluding hydrogens is 523 g/mol. The maximum absolute atomic E-state index is 13.5. The normalized spacial score (nSPS) is 23.2. The summed E-state index contributed by atoms with van der Waals surface area (Å²) in [6.45, 7) is 1.01. The number of carbonyl (C=O) groups excluding carboxylic acids is 4. The number of benzene rings is 1. The van der Waals surface area contributed by atoms with Crippen LogP contribution in [0.15, 0.2) is 40.0 Å². The van der Waals surface area contributed by atoms with Gasteiger partial charge in [-0.05, 0) is 30.5 Å². The fourth-order valence-electron chi connectivity index (χ4n) is 4.66. The second-order valence-electron chi connectivity index (χ2n) is 8.18. The van der Waals surface area contributed by atoms with E-state index < -0.39 is 34.7 Å². The number of hydrogen-bond acceptors (Lipinski definition) is 7. The molecule has 1 saturated heterocycles. The molecule has 2 aliphatic heterocycles. The molecule has 1 aromatic rings. The van der Waals surface area contributed by atoms with Gasteiger partial charge in [0.2, 0.25) is 5.91 Å². The maximum atomic E-state index is 13.5. The Labute approximate surface area is 226 Å². The van der Waals surface area contributed by atoms with Crippen molar-refractivity contribution >= 4 is 51.4 Å². The van der Waals surface area contributed by atoms with Crippen molar-refractivity contribution in [3.05, 3.63) is 45.6 Å². The molecule has 0 aromatic heterocycles. The van der Waals surface area contributed by atoms with E-state index in [1.807, 2.05) is 24.3 Å². The molecule has 0 bridgehead atoms. The number of carbonyl (C=O) groups is 4. The van der Waals surface area contributed by atoms with Crippen molar-refractivity contribution in [3.8, 4) is 0 Å². The molecule has 2 fully saturated rings. The van der Waals surface area contributed by atoms with Crippen LogP contribution < -0.4 is 40.0 Å². The van der Waals surface area contributed by atoms with Gasteiger partial charge in [0.25, 0.3) is 5.91 Å². The SMILES string of the molecule is CC(=O)OCC1=C(C(=O)[O-])N2C(=O)[C@@H](NC(=O)C3(c4cccc(Br)c4)CCCC3)[C@H]2SC1.[Na+]. The minimum absolute atomic E-state index is 0. The molecule has 2 heterocycles. The molecule has 2 amide bonds. The van der Waals surface area contributed by atoms with Crippen LogP contribution >= 0.6 is 27.7 Å². The fourth-order valence-corrected chi connectivity index (χ4v) is 6.39. The molecule has 11 heteroatoms. The molecule has 1 aliphatic carbocycles. The second kappa shape index (κ2) is 10.5. The van der Waals surface area contributed by atoms with Gasteiger partial charge < -0.3 is 20.0 Å². The van der Waals surface area contributed by atoms with E-state index in [9.17, 15) is 24.3 Å². The first-order valence-electron chi connectivity index (χ1n) is 10.3. The van der Waals surface area contributed by atoms with Gasteiger partial charge in [-0.3, -0.25) is 19.3 Å². The minimum atomic E-state index is -1.50.